The second kappa shape index (κ2) is 5.81. The molecule has 6 nitrogen and oxygen atoms in total. The summed E-state index contributed by atoms with van der Waals surface area (Å²) in [4.78, 5) is 17.4. The van der Waals surface area contributed by atoms with Crippen LogP contribution in [0.4, 0.5) is 0 Å². The van der Waals surface area contributed by atoms with Gasteiger partial charge in [0.15, 0.2) is 5.52 Å². The van der Waals surface area contributed by atoms with Gasteiger partial charge in [-0.25, -0.2) is 4.98 Å². The Bertz CT molecular complexity index is 902. The van der Waals surface area contributed by atoms with Crippen molar-refractivity contribution < 1.29 is 4.74 Å². The molecule has 1 aromatic carbocycles. The highest BCUT2D eigenvalue weighted by molar-refractivity contribution is 6.00. The van der Waals surface area contributed by atoms with Crippen molar-refractivity contribution in [1.82, 2.24) is 19.7 Å². The van der Waals surface area contributed by atoms with E-state index in [2.05, 4.69) is 15.2 Å². The summed E-state index contributed by atoms with van der Waals surface area (Å²) in [5.41, 5.74) is 2.64. The highest BCUT2D eigenvalue weighted by Crippen LogP contribution is 2.20. The summed E-state index contributed by atoms with van der Waals surface area (Å²) in [6, 6.07) is 5.88. The first kappa shape index (κ1) is 14.6. The van der Waals surface area contributed by atoms with Crippen LogP contribution in [0, 0.1) is 6.92 Å². The fraction of sp³-hybridized carbons (Fsp3) is 0.375. The minimum absolute atomic E-state index is 0.158. The van der Waals surface area contributed by atoms with Crippen molar-refractivity contribution in [2.75, 3.05) is 13.7 Å². The number of methoxy groups -OCH3 is 1. The van der Waals surface area contributed by atoms with Crippen LogP contribution >= 0.6 is 0 Å². The van der Waals surface area contributed by atoms with E-state index in [1.807, 2.05) is 32.0 Å². The lowest BCUT2D eigenvalue weighted by atomic mass is 10.1. The molecule has 0 saturated carbocycles. The standard InChI is InChI=1S/C16H18N4O2/c1-4-13-17-14-11-9-10(2)5-6-12(11)18-19-15(14)16(21)20(13)7-8-22-3/h5-6,9H,4,7-8H2,1-3H3. The molecule has 0 saturated heterocycles. The van der Waals surface area contributed by atoms with Crippen molar-refractivity contribution in [3.63, 3.8) is 0 Å². The average molecular weight is 298 g/mol. The van der Waals surface area contributed by atoms with Gasteiger partial charge in [-0.2, -0.15) is 0 Å². The average Bonchev–Trinajstić information content (AvgIpc) is 2.53. The molecule has 0 aliphatic carbocycles. The Labute approximate surface area is 127 Å². The van der Waals surface area contributed by atoms with Crippen LogP contribution in [0.5, 0.6) is 0 Å². The van der Waals surface area contributed by atoms with Crippen LogP contribution in [0.3, 0.4) is 0 Å². The van der Waals surface area contributed by atoms with Crippen molar-refractivity contribution in [1.29, 1.82) is 0 Å². The number of hydrogen-bond acceptors (Lipinski definition) is 5. The summed E-state index contributed by atoms with van der Waals surface area (Å²) in [7, 11) is 1.61. The van der Waals surface area contributed by atoms with Gasteiger partial charge in [0.25, 0.3) is 5.56 Å². The molecule has 3 aromatic rings. The van der Waals surface area contributed by atoms with Gasteiger partial charge in [-0.15, -0.1) is 10.2 Å². The van der Waals surface area contributed by atoms with Gasteiger partial charge in [-0.1, -0.05) is 18.6 Å². The van der Waals surface area contributed by atoms with E-state index in [0.717, 1.165) is 22.3 Å². The first-order chi connectivity index (χ1) is 10.7. The fourth-order valence-corrected chi connectivity index (χ4v) is 2.58. The van der Waals surface area contributed by atoms with Gasteiger partial charge >= 0.3 is 0 Å². The molecule has 0 amide bonds. The lowest BCUT2D eigenvalue weighted by Gasteiger charge is -2.12. The molecule has 0 bridgehead atoms. The van der Waals surface area contributed by atoms with Gasteiger partial charge < -0.3 is 4.74 Å². The largest absolute Gasteiger partial charge is 0.383 e. The smallest absolute Gasteiger partial charge is 0.282 e. The molecular weight excluding hydrogens is 280 g/mol. The summed E-state index contributed by atoms with van der Waals surface area (Å²) >= 11 is 0. The normalized spacial score (nSPS) is 11.4. The van der Waals surface area contributed by atoms with Gasteiger partial charge in [0.1, 0.15) is 11.3 Å². The molecule has 0 spiro atoms. The summed E-state index contributed by atoms with van der Waals surface area (Å²) < 4.78 is 6.70. The molecule has 2 heterocycles. The van der Waals surface area contributed by atoms with E-state index in [0.29, 0.717) is 30.6 Å². The van der Waals surface area contributed by atoms with E-state index in [4.69, 9.17) is 4.74 Å². The van der Waals surface area contributed by atoms with Crippen LogP contribution in [-0.2, 0) is 17.7 Å². The molecule has 0 atom stereocenters. The molecule has 3 rings (SSSR count). The van der Waals surface area contributed by atoms with Crippen molar-refractivity contribution in [2.45, 2.75) is 26.8 Å². The summed E-state index contributed by atoms with van der Waals surface area (Å²) in [6.07, 6.45) is 0.671. The van der Waals surface area contributed by atoms with Crippen molar-refractivity contribution in [3.8, 4) is 0 Å². The van der Waals surface area contributed by atoms with Crippen LogP contribution in [0.1, 0.15) is 18.3 Å². The third-order valence-electron chi connectivity index (χ3n) is 3.72. The summed E-state index contributed by atoms with van der Waals surface area (Å²) in [5.74, 6) is 0.741. The zero-order valence-corrected chi connectivity index (χ0v) is 13.0. The van der Waals surface area contributed by atoms with E-state index < -0.39 is 0 Å². The highest BCUT2D eigenvalue weighted by atomic mass is 16.5. The second-order valence-corrected chi connectivity index (χ2v) is 5.25. The number of nitrogens with zero attached hydrogens (tertiary/aromatic N) is 4. The van der Waals surface area contributed by atoms with Crippen molar-refractivity contribution in [2.24, 2.45) is 0 Å². The lowest BCUT2D eigenvalue weighted by molar-refractivity contribution is 0.185. The predicted molar refractivity (Wildman–Crippen MR) is 85.1 cm³/mol. The van der Waals surface area contributed by atoms with Crippen LogP contribution in [0.2, 0.25) is 0 Å². The Balaban J connectivity index is 2.37. The number of hydrogen-bond donors (Lipinski definition) is 0. The highest BCUT2D eigenvalue weighted by Gasteiger charge is 2.14. The predicted octanol–water partition coefficient (Wildman–Crippen LogP) is 1.86. The molecule has 0 N–H and O–H groups in total. The molecule has 0 radical (unpaired) electrons. The van der Waals surface area contributed by atoms with Crippen molar-refractivity contribution in [3.05, 3.63) is 39.9 Å². The number of aryl methyl sites for hydroxylation is 2. The SMILES string of the molecule is CCc1nc2c(nnc3ccc(C)cc32)c(=O)n1CCOC. The fourth-order valence-electron chi connectivity index (χ4n) is 2.58. The van der Waals surface area contributed by atoms with Gasteiger partial charge in [0.05, 0.1) is 18.7 Å². The minimum atomic E-state index is -0.158. The van der Waals surface area contributed by atoms with Crippen LogP contribution in [0.15, 0.2) is 23.0 Å². The first-order valence-electron chi connectivity index (χ1n) is 7.31. The Kier molecular flexibility index (Phi) is 3.85. The Morgan fingerprint density at radius 2 is 2.05 bits per heavy atom. The zero-order valence-electron chi connectivity index (χ0n) is 13.0. The van der Waals surface area contributed by atoms with Crippen molar-refractivity contribution >= 4 is 21.9 Å². The van der Waals surface area contributed by atoms with Crippen LogP contribution in [-0.4, -0.2) is 33.5 Å². The minimum Gasteiger partial charge on any atom is -0.383 e. The summed E-state index contributed by atoms with van der Waals surface area (Å²) in [6.45, 7) is 4.92. The maximum absolute atomic E-state index is 12.7. The van der Waals surface area contributed by atoms with E-state index in [1.165, 1.54) is 0 Å². The Hall–Kier alpha value is -2.34. The number of ether oxygens (including phenoxy) is 1. The number of aromatic nitrogens is 4. The van der Waals surface area contributed by atoms with Gasteiger partial charge in [0, 0.05) is 18.9 Å². The van der Waals surface area contributed by atoms with E-state index >= 15 is 0 Å². The van der Waals surface area contributed by atoms with E-state index in [9.17, 15) is 4.79 Å². The molecule has 114 valence electrons. The number of fused-ring (bicyclic) bond motifs is 3. The topological polar surface area (TPSA) is 69.9 Å². The lowest BCUT2D eigenvalue weighted by Crippen LogP contribution is -2.27. The quantitative estimate of drug-likeness (QED) is 0.688. The zero-order chi connectivity index (χ0) is 15.7. The van der Waals surface area contributed by atoms with Gasteiger partial charge in [-0.05, 0) is 19.1 Å². The molecule has 0 unspecified atom stereocenters. The number of rotatable bonds is 4. The maximum Gasteiger partial charge on any atom is 0.282 e. The maximum atomic E-state index is 12.7. The third kappa shape index (κ3) is 2.35. The van der Waals surface area contributed by atoms with Crippen LogP contribution in [0.25, 0.3) is 21.9 Å². The molecule has 22 heavy (non-hydrogen) atoms. The molecule has 0 aliphatic heterocycles. The number of benzene rings is 1. The first-order valence-corrected chi connectivity index (χ1v) is 7.31. The monoisotopic (exact) mass is 298 g/mol. The van der Waals surface area contributed by atoms with E-state index in [1.54, 1.807) is 11.7 Å². The Morgan fingerprint density at radius 1 is 1.23 bits per heavy atom. The second-order valence-electron chi connectivity index (χ2n) is 5.25. The van der Waals surface area contributed by atoms with E-state index in [-0.39, 0.29) is 5.56 Å². The molecule has 2 aromatic heterocycles. The van der Waals surface area contributed by atoms with Gasteiger partial charge in [0.2, 0.25) is 0 Å². The summed E-state index contributed by atoms with van der Waals surface area (Å²) in [5, 5.41) is 9.12. The molecular formula is C16H18N4O2. The van der Waals surface area contributed by atoms with Crippen LogP contribution < -0.4 is 5.56 Å². The molecule has 6 heteroatoms. The van der Waals surface area contributed by atoms with Gasteiger partial charge in [-0.3, -0.25) is 9.36 Å². The third-order valence-corrected chi connectivity index (χ3v) is 3.72. The Morgan fingerprint density at radius 3 is 2.77 bits per heavy atom. The molecule has 0 fully saturated rings. The molecule has 0 aliphatic rings.